The Bertz CT molecular complexity index is 1180. The van der Waals surface area contributed by atoms with Crippen LogP contribution < -0.4 is 10.6 Å². The average Bonchev–Trinajstić information content (AvgIpc) is 3.23. The number of hydrogen-bond donors (Lipinski definition) is 3. The van der Waals surface area contributed by atoms with Crippen LogP contribution in [0.2, 0.25) is 0 Å². The zero-order valence-corrected chi connectivity index (χ0v) is 23.0. The lowest BCUT2D eigenvalue weighted by molar-refractivity contribution is -0.147. The summed E-state index contributed by atoms with van der Waals surface area (Å²) in [5.74, 6) is -0.856. The summed E-state index contributed by atoms with van der Waals surface area (Å²) in [7, 11) is 0. The lowest BCUT2D eigenvalue weighted by atomic mass is 9.96. The lowest BCUT2D eigenvalue weighted by Crippen LogP contribution is -2.59. The molecule has 3 N–H and O–H groups in total. The molecule has 4 rings (SSSR count). The van der Waals surface area contributed by atoms with Gasteiger partial charge in [0.2, 0.25) is 5.91 Å². The van der Waals surface area contributed by atoms with Crippen molar-refractivity contribution >= 4 is 29.5 Å². The second-order valence-electron chi connectivity index (χ2n) is 10.6. The van der Waals surface area contributed by atoms with E-state index in [0.29, 0.717) is 5.56 Å². The van der Waals surface area contributed by atoms with Gasteiger partial charge < -0.3 is 20.6 Å². The zero-order chi connectivity index (χ0) is 27.3. The largest absolute Gasteiger partial charge is 0.381 e. The van der Waals surface area contributed by atoms with Gasteiger partial charge in [-0.15, -0.1) is 11.8 Å². The van der Waals surface area contributed by atoms with Crippen molar-refractivity contribution in [3.63, 3.8) is 0 Å². The summed E-state index contributed by atoms with van der Waals surface area (Å²) >= 11 is 1.51. The van der Waals surface area contributed by atoms with Crippen LogP contribution in [0.4, 0.5) is 0 Å². The summed E-state index contributed by atoms with van der Waals surface area (Å²) < 4.78 is -0.531. The second kappa shape index (κ2) is 12.2. The van der Waals surface area contributed by atoms with E-state index in [4.69, 9.17) is 0 Å². The highest BCUT2D eigenvalue weighted by Gasteiger charge is 2.50. The Hall–Kier alpha value is -3.10. The minimum atomic E-state index is -1.53. The molecule has 7 nitrogen and oxygen atoms in total. The van der Waals surface area contributed by atoms with Gasteiger partial charge in [-0.25, -0.2) is 0 Å². The number of carbonyl (C=O) groups is 3. The molecule has 1 heterocycles. The fourth-order valence-electron chi connectivity index (χ4n) is 5.13. The van der Waals surface area contributed by atoms with Gasteiger partial charge in [0.15, 0.2) is 6.10 Å². The Balaban J connectivity index is 1.56. The number of rotatable bonds is 8. The van der Waals surface area contributed by atoms with Crippen LogP contribution in [-0.4, -0.2) is 62.6 Å². The van der Waals surface area contributed by atoms with E-state index in [1.54, 1.807) is 12.1 Å². The van der Waals surface area contributed by atoms with Crippen molar-refractivity contribution in [2.75, 3.05) is 5.88 Å². The Labute approximate surface area is 229 Å². The maximum Gasteiger partial charge on any atom is 0.254 e. The first-order valence-electron chi connectivity index (χ1n) is 13.2. The molecule has 8 heteroatoms. The number of nitrogens with one attached hydrogen (secondary N) is 2. The van der Waals surface area contributed by atoms with E-state index in [0.717, 1.165) is 30.4 Å². The summed E-state index contributed by atoms with van der Waals surface area (Å²) in [5.41, 5.74) is 2.17. The Kier molecular flexibility index (Phi) is 8.95. The third-order valence-corrected chi connectivity index (χ3v) is 8.67. The van der Waals surface area contributed by atoms with Crippen molar-refractivity contribution in [2.45, 2.75) is 75.4 Å². The number of thioether (sulfide) groups is 1. The van der Waals surface area contributed by atoms with Gasteiger partial charge in [0, 0.05) is 16.4 Å². The molecule has 1 fully saturated rings. The third-order valence-electron chi connectivity index (χ3n) is 7.30. The normalized spacial score (nSPS) is 21.9. The van der Waals surface area contributed by atoms with Gasteiger partial charge in [0.05, 0.1) is 11.9 Å². The zero-order valence-electron chi connectivity index (χ0n) is 22.2. The average molecular weight is 536 g/mol. The number of aliphatic hydroxyl groups is 1. The van der Waals surface area contributed by atoms with Crippen molar-refractivity contribution in [3.05, 3.63) is 83.4 Å². The van der Waals surface area contributed by atoms with Crippen molar-refractivity contribution in [2.24, 2.45) is 0 Å². The molecular formula is C30H37N3O4S. The molecule has 2 aromatic carbocycles. The molecule has 4 atom stereocenters. The van der Waals surface area contributed by atoms with Crippen molar-refractivity contribution in [1.82, 2.24) is 15.5 Å². The topological polar surface area (TPSA) is 98.7 Å². The molecule has 1 saturated heterocycles. The molecule has 0 bridgehead atoms. The highest BCUT2D eigenvalue weighted by atomic mass is 32.2. The maximum absolute atomic E-state index is 13.8. The second-order valence-corrected chi connectivity index (χ2v) is 12.2. The lowest BCUT2D eigenvalue weighted by Gasteiger charge is -2.34. The molecule has 0 spiro atoms. The molecule has 2 aromatic rings. The molecule has 1 aliphatic heterocycles. The van der Waals surface area contributed by atoms with Crippen LogP contribution in [-0.2, 0) is 16.0 Å². The molecule has 0 saturated carbocycles. The van der Waals surface area contributed by atoms with Crippen molar-refractivity contribution in [1.29, 1.82) is 0 Å². The maximum atomic E-state index is 13.8. The molecule has 0 aromatic heterocycles. The first kappa shape index (κ1) is 27.9. The molecule has 3 amide bonds. The smallest absolute Gasteiger partial charge is 0.254 e. The monoisotopic (exact) mass is 535 g/mol. The molecule has 2 aliphatic rings. The highest BCUT2D eigenvalue weighted by molar-refractivity contribution is 8.00. The van der Waals surface area contributed by atoms with Crippen LogP contribution in [0.25, 0.3) is 0 Å². The predicted octanol–water partition coefficient (Wildman–Crippen LogP) is 3.60. The molecule has 0 unspecified atom stereocenters. The van der Waals surface area contributed by atoms with Gasteiger partial charge in [0.1, 0.15) is 6.04 Å². The third kappa shape index (κ3) is 6.48. The summed E-state index contributed by atoms with van der Waals surface area (Å²) in [6, 6.07) is 15.0. The van der Waals surface area contributed by atoms with Crippen LogP contribution in [0, 0.1) is 6.92 Å². The highest BCUT2D eigenvalue weighted by Crippen LogP contribution is 2.40. The van der Waals surface area contributed by atoms with E-state index < -0.39 is 28.8 Å². The van der Waals surface area contributed by atoms with Gasteiger partial charge in [-0.3, -0.25) is 14.4 Å². The first-order chi connectivity index (χ1) is 18.2. The van der Waals surface area contributed by atoms with E-state index in [1.165, 1.54) is 16.7 Å². The molecule has 202 valence electrons. The first-order valence-corrected chi connectivity index (χ1v) is 14.2. The standard InChI is InChI=1S/C30H37N3O4S/c1-20-12-10-11-17-23(20)27(35)32-24(18-21-13-6-4-7-14-21)25(34)29(37)33-19-38-30(2,3)26(33)28(36)31-22-15-8-5-9-16-22/h4,6-8,10-15,17,22,24-26,34H,5,9,16,18-19H2,1-3H3,(H,31,36)(H,32,35)/t22-,24+,25+,26-/m1/s1. The van der Waals surface area contributed by atoms with E-state index in [2.05, 4.69) is 16.7 Å². The van der Waals surface area contributed by atoms with E-state index in [9.17, 15) is 19.5 Å². The van der Waals surface area contributed by atoms with Crippen molar-refractivity contribution < 1.29 is 19.5 Å². The van der Waals surface area contributed by atoms with Gasteiger partial charge in [-0.05, 0) is 63.6 Å². The number of benzene rings is 2. The quantitative estimate of drug-likeness (QED) is 0.449. The van der Waals surface area contributed by atoms with Gasteiger partial charge >= 0.3 is 0 Å². The minimum absolute atomic E-state index is 0.0567. The van der Waals surface area contributed by atoms with Crippen LogP contribution >= 0.6 is 11.8 Å². The fraction of sp³-hybridized carbons (Fsp3) is 0.433. The summed E-state index contributed by atoms with van der Waals surface area (Å²) in [4.78, 5) is 41.9. The van der Waals surface area contributed by atoms with E-state index in [-0.39, 0.29) is 30.2 Å². The van der Waals surface area contributed by atoms with Crippen LogP contribution in [0.15, 0.2) is 66.7 Å². The molecule has 0 radical (unpaired) electrons. The van der Waals surface area contributed by atoms with Gasteiger partial charge in [-0.1, -0.05) is 60.7 Å². The minimum Gasteiger partial charge on any atom is -0.381 e. The van der Waals surface area contributed by atoms with Crippen LogP contribution in [0.5, 0.6) is 0 Å². The predicted molar refractivity (Wildman–Crippen MR) is 151 cm³/mol. The molecular weight excluding hydrogens is 498 g/mol. The summed E-state index contributed by atoms with van der Waals surface area (Å²) in [6.07, 6.45) is 5.69. The van der Waals surface area contributed by atoms with Gasteiger partial charge in [0.25, 0.3) is 11.8 Å². The van der Waals surface area contributed by atoms with E-state index in [1.807, 2.05) is 69.3 Å². The summed E-state index contributed by atoms with van der Waals surface area (Å²) in [5, 5.41) is 17.4. The van der Waals surface area contributed by atoms with Crippen molar-refractivity contribution in [3.8, 4) is 0 Å². The SMILES string of the molecule is Cc1ccccc1C(=O)N[C@@H](Cc1ccccc1)[C@H](O)C(=O)N1CSC(C)(C)[C@H]1C(=O)N[C@@H]1C=CCCC1. The number of nitrogens with zero attached hydrogens (tertiary/aromatic N) is 1. The molecule has 38 heavy (non-hydrogen) atoms. The number of aryl methyl sites for hydroxylation is 1. The number of carbonyl (C=O) groups excluding carboxylic acids is 3. The molecule has 1 aliphatic carbocycles. The Morgan fingerprint density at radius 3 is 2.50 bits per heavy atom. The van der Waals surface area contributed by atoms with E-state index >= 15 is 0 Å². The van der Waals surface area contributed by atoms with Crippen LogP contribution in [0.1, 0.15) is 54.6 Å². The van der Waals surface area contributed by atoms with Gasteiger partial charge in [-0.2, -0.15) is 0 Å². The number of hydrogen-bond acceptors (Lipinski definition) is 5. The number of amides is 3. The Morgan fingerprint density at radius 2 is 1.82 bits per heavy atom. The summed E-state index contributed by atoms with van der Waals surface area (Å²) in [6.45, 7) is 5.73. The van der Waals surface area contributed by atoms with Crippen LogP contribution in [0.3, 0.4) is 0 Å². The Morgan fingerprint density at radius 1 is 1.11 bits per heavy atom. The number of allylic oxidation sites excluding steroid dienone is 1. The fourth-order valence-corrected chi connectivity index (χ4v) is 6.27. The number of aliphatic hydroxyl groups excluding tert-OH is 1.